The average Bonchev–Trinajstić information content (AvgIpc) is 2.74. The summed E-state index contributed by atoms with van der Waals surface area (Å²) in [6.07, 6.45) is 0.233. The van der Waals surface area contributed by atoms with Gasteiger partial charge in [-0.15, -0.1) is 0 Å². The quantitative estimate of drug-likeness (QED) is 0.730. The minimum atomic E-state index is -0.225. The predicted octanol–water partition coefficient (Wildman–Crippen LogP) is 3.34. The van der Waals surface area contributed by atoms with Crippen molar-refractivity contribution in [2.45, 2.75) is 19.1 Å². The molecular weight excluding hydrogens is 380 g/mol. The molecule has 7 heteroatoms. The summed E-state index contributed by atoms with van der Waals surface area (Å²) in [6, 6.07) is 15.7. The highest BCUT2D eigenvalue weighted by Crippen LogP contribution is 2.23. The number of carbonyl (C=O) groups excluding carboxylic acids is 1. The summed E-state index contributed by atoms with van der Waals surface area (Å²) in [4.78, 5) is 16.8. The third-order valence-electron chi connectivity index (χ3n) is 5.29. The fraction of sp³-hybridized carbons (Fsp3) is 0.435. The number of hydrogen-bond acceptors (Lipinski definition) is 5. The molecule has 30 heavy (non-hydrogen) atoms. The molecule has 0 aliphatic carbocycles. The summed E-state index contributed by atoms with van der Waals surface area (Å²) in [5, 5.41) is 5.89. The Kier molecular flexibility index (Phi) is 7.54. The number of carbonyl (C=O) groups is 1. The molecule has 7 nitrogen and oxygen atoms in total. The number of likely N-dealkylation sites (N-methyl/N-ethyl adjacent to an activating group) is 1. The van der Waals surface area contributed by atoms with Gasteiger partial charge in [-0.2, -0.15) is 0 Å². The van der Waals surface area contributed by atoms with Crippen LogP contribution in [0.5, 0.6) is 5.75 Å². The summed E-state index contributed by atoms with van der Waals surface area (Å²) >= 11 is 0. The zero-order valence-electron chi connectivity index (χ0n) is 18.2. The summed E-state index contributed by atoms with van der Waals surface area (Å²) in [5.74, 6) is 0.804. The maximum absolute atomic E-state index is 12.4. The van der Waals surface area contributed by atoms with Crippen LogP contribution in [0.1, 0.15) is 18.5 Å². The second-order valence-electron chi connectivity index (χ2n) is 7.77. The lowest BCUT2D eigenvalue weighted by Crippen LogP contribution is -2.41. The first kappa shape index (κ1) is 21.9. The molecule has 2 N–H and O–H groups in total. The van der Waals surface area contributed by atoms with E-state index in [4.69, 9.17) is 9.47 Å². The Morgan fingerprint density at radius 1 is 1.27 bits per heavy atom. The number of nitrogens with one attached hydrogen (secondary N) is 2. The molecule has 2 aromatic rings. The summed E-state index contributed by atoms with van der Waals surface area (Å²) in [6.45, 7) is 5.07. The number of urea groups is 1. The molecule has 1 saturated heterocycles. The molecule has 3 rings (SSSR count). The highest BCUT2D eigenvalue weighted by molar-refractivity contribution is 5.89. The molecule has 1 aliphatic heterocycles. The van der Waals surface area contributed by atoms with Crippen molar-refractivity contribution in [1.82, 2.24) is 10.2 Å². The Balaban J connectivity index is 1.55. The van der Waals surface area contributed by atoms with Crippen LogP contribution in [-0.2, 0) is 4.74 Å². The maximum atomic E-state index is 12.4. The third-order valence-corrected chi connectivity index (χ3v) is 5.29. The fourth-order valence-electron chi connectivity index (χ4n) is 3.62. The number of amides is 2. The standard InChI is InChI=1S/C23H32N4O3/c1-17-16-27(12-13-30-17)20-10-8-19(9-11-20)25-23(28)24-15-22(26(2)3)18-6-5-7-21(14-18)29-4/h5-11,14,17,22H,12-13,15-16H2,1-4H3,(H2,24,25,28). The van der Waals surface area contributed by atoms with Gasteiger partial charge >= 0.3 is 6.03 Å². The van der Waals surface area contributed by atoms with Crippen LogP contribution in [0.4, 0.5) is 16.2 Å². The number of anilines is 2. The van der Waals surface area contributed by atoms with E-state index in [9.17, 15) is 4.79 Å². The van der Waals surface area contributed by atoms with Gasteiger partial charge in [-0.3, -0.25) is 0 Å². The van der Waals surface area contributed by atoms with Gasteiger partial charge in [0.25, 0.3) is 0 Å². The Morgan fingerprint density at radius 2 is 2.03 bits per heavy atom. The molecule has 0 radical (unpaired) electrons. The molecule has 2 amide bonds. The molecule has 2 aromatic carbocycles. The van der Waals surface area contributed by atoms with E-state index in [1.807, 2.05) is 62.6 Å². The van der Waals surface area contributed by atoms with E-state index in [1.165, 1.54) is 0 Å². The molecule has 1 heterocycles. The van der Waals surface area contributed by atoms with E-state index in [0.29, 0.717) is 6.54 Å². The monoisotopic (exact) mass is 412 g/mol. The fourth-order valence-corrected chi connectivity index (χ4v) is 3.62. The van der Waals surface area contributed by atoms with Gasteiger partial charge < -0.3 is 29.9 Å². The van der Waals surface area contributed by atoms with E-state index in [2.05, 4.69) is 27.4 Å². The first-order chi connectivity index (χ1) is 14.5. The van der Waals surface area contributed by atoms with Gasteiger partial charge in [0.1, 0.15) is 5.75 Å². The van der Waals surface area contributed by atoms with E-state index in [1.54, 1.807) is 7.11 Å². The summed E-state index contributed by atoms with van der Waals surface area (Å²) < 4.78 is 10.9. The number of benzene rings is 2. The van der Waals surface area contributed by atoms with E-state index in [-0.39, 0.29) is 18.2 Å². The van der Waals surface area contributed by atoms with Crippen LogP contribution in [0.15, 0.2) is 48.5 Å². The molecule has 162 valence electrons. The average molecular weight is 413 g/mol. The molecule has 0 aromatic heterocycles. The smallest absolute Gasteiger partial charge is 0.319 e. The second-order valence-corrected chi connectivity index (χ2v) is 7.77. The number of ether oxygens (including phenoxy) is 2. The minimum Gasteiger partial charge on any atom is -0.497 e. The minimum absolute atomic E-state index is 0.0385. The van der Waals surface area contributed by atoms with Crippen molar-refractivity contribution in [2.75, 3.05) is 57.7 Å². The van der Waals surface area contributed by atoms with Crippen molar-refractivity contribution in [3.05, 3.63) is 54.1 Å². The summed E-state index contributed by atoms with van der Waals surface area (Å²) in [5.41, 5.74) is 2.99. The Hall–Kier alpha value is -2.77. The number of rotatable bonds is 7. The molecular formula is C23H32N4O3. The molecule has 0 bridgehead atoms. The van der Waals surface area contributed by atoms with Crippen LogP contribution in [-0.4, -0.2) is 64.5 Å². The van der Waals surface area contributed by atoms with Crippen LogP contribution in [0, 0.1) is 0 Å². The van der Waals surface area contributed by atoms with Gasteiger partial charge in [0.05, 0.1) is 25.9 Å². The SMILES string of the molecule is COc1cccc(C(CNC(=O)Nc2ccc(N3CCOC(C)C3)cc2)N(C)C)c1. The Morgan fingerprint density at radius 3 is 2.70 bits per heavy atom. The Labute approximate surface area is 179 Å². The van der Waals surface area contributed by atoms with Crippen molar-refractivity contribution >= 4 is 17.4 Å². The maximum Gasteiger partial charge on any atom is 0.319 e. The topological polar surface area (TPSA) is 66.1 Å². The lowest BCUT2D eigenvalue weighted by atomic mass is 10.1. The number of hydrogen-bond donors (Lipinski definition) is 2. The first-order valence-electron chi connectivity index (χ1n) is 10.3. The van der Waals surface area contributed by atoms with Gasteiger partial charge in [0, 0.05) is 31.0 Å². The highest BCUT2D eigenvalue weighted by Gasteiger charge is 2.18. The lowest BCUT2D eigenvalue weighted by Gasteiger charge is -2.33. The molecule has 2 atom stereocenters. The Bertz CT molecular complexity index is 825. The van der Waals surface area contributed by atoms with Crippen LogP contribution in [0.25, 0.3) is 0 Å². The molecule has 2 unspecified atom stereocenters. The predicted molar refractivity (Wildman–Crippen MR) is 121 cm³/mol. The molecule has 1 fully saturated rings. The van der Waals surface area contributed by atoms with Crippen molar-refractivity contribution < 1.29 is 14.3 Å². The highest BCUT2D eigenvalue weighted by atomic mass is 16.5. The zero-order chi connectivity index (χ0) is 21.5. The van der Waals surface area contributed by atoms with Gasteiger partial charge in [0.2, 0.25) is 0 Å². The van der Waals surface area contributed by atoms with Gasteiger partial charge in [0.15, 0.2) is 0 Å². The van der Waals surface area contributed by atoms with Gasteiger partial charge in [-0.1, -0.05) is 12.1 Å². The molecule has 0 spiro atoms. The zero-order valence-corrected chi connectivity index (χ0v) is 18.2. The summed E-state index contributed by atoms with van der Waals surface area (Å²) in [7, 11) is 5.64. The van der Waals surface area contributed by atoms with Crippen LogP contribution in [0.3, 0.4) is 0 Å². The first-order valence-corrected chi connectivity index (χ1v) is 10.3. The normalized spacial score (nSPS) is 17.5. The van der Waals surface area contributed by atoms with E-state index < -0.39 is 0 Å². The third kappa shape index (κ3) is 5.87. The number of nitrogens with zero attached hydrogens (tertiary/aromatic N) is 2. The van der Waals surface area contributed by atoms with Crippen molar-refractivity contribution in [1.29, 1.82) is 0 Å². The van der Waals surface area contributed by atoms with Crippen LogP contribution >= 0.6 is 0 Å². The van der Waals surface area contributed by atoms with Crippen molar-refractivity contribution in [2.24, 2.45) is 0 Å². The van der Waals surface area contributed by atoms with Crippen molar-refractivity contribution in [3.63, 3.8) is 0 Å². The molecule has 0 saturated carbocycles. The van der Waals surface area contributed by atoms with Crippen LogP contribution in [0.2, 0.25) is 0 Å². The van der Waals surface area contributed by atoms with Crippen molar-refractivity contribution in [3.8, 4) is 5.75 Å². The largest absolute Gasteiger partial charge is 0.497 e. The van der Waals surface area contributed by atoms with Gasteiger partial charge in [-0.05, 0) is 63.0 Å². The number of morpholine rings is 1. The molecule has 1 aliphatic rings. The van der Waals surface area contributed by atoms with E-state index >= 15 is 0 Å². The van der Waals surface area contributed by atoms with Gasteiger partial charge in [-0.25, -0.2) is 4.79 Å². The lowest BCUT2D eigenvalue weighted by molar-refractivity contribution is 0.0532. The van der Waals surface area contributed by atoms with Crippen LogP contribution < -0.4 is 20.3 Å². The second kappa shape index (κ2) is 10.3. The number of methoxy groups -OCH3 is 1. The van der Waals surface area contributed by atoms with E-state index in [0.717, 1.165) is 42.4 Å².